The van der Waals surface area contributed by atoms with Gasteiger partial charge >= 0.3 is 5.97 Å². The van der Waals surface area contributed by atoms with Crippen molar-refractivity contribution in [2.24, 2.45) is 5.92 Å². The van der Waals surface area contributed by atoms with Crippen molar-refractivity contribution in [2.45, 2.75) is 18.9 Å². The third kappa shape index (κ3) is 2.57. The first kappa shape index (κ1) is 12.9. The number of amides is 1. The maximum absolute atomic E-state index is 11.9. The molecule has 20 heavy (non-hydrogen) atoms. The Labute approximate surface area is 118 Å². The normalized spacial score (nSPS) is 20.6. The fourth-order valence-electron chi connectivity index (χ4n) is 2.09. The predicted molar refractivity (Wildman–Crippen MR) is 70.5 cm³/mol. The minimum absolute atomic E-state index is 0.0131. The van der Waals surface area contributed by atoms with Gasteiger partial charge < -0.3 is 14.8 Å². The van der Waals surface area contributed by atoms with Crippen molar-refractivity contribution in [1.82, 2.24) is 10.3 Å². The van der Waals surface area contributed by atoms with Gasteiger partial charge in [-0.2, -0.15) is 0 Å². The summed E-state index contributed by atoms with van der Waals surface area (Å²) in [7, 11) is 0. The van der Waals surface area contributed by atoms with E-state index in [1.165, 1.54) is 16.7 Å². The van der Waals surface area contributed by atoms with Crippen molar-refractivity contribution < 1.29 is 19.1 Å². The number of hydrogen-bond acceptors (Lipinski definition) is 5. The molecular weight excluding hydrogens is 280 g/mol. The second kappa shape index (κ2) is 5.09. The zero-order chi connectivity index (χ0) is 14.1. The molecule has 0 spiro atoms. The van der Waals surface area contributed by atoms with Crippen molar-refractivity contribution in [1.29, 1.82) is 0 Å². The Morgan fingerprint density at radius 2 is 2.40 bits per heavy atom. The Balaban J connectivity index is 1.51. The molecule has 1 aliphatic carbocycles. The van der Waals surface area contributed by atoms with Gasteiger partial charge in [0.1, 0.15) is 10.8 Å². The zero-order valence-electron chi connectivity index (χ0n) is 10.4. The van der Waals surface area contributed by atoms with Crippen LogP contribution in [0.25, 0.3) is 0 Å². The Hall–Kier alpha value is -2.15. The maximum Gasteiger partial charge on any atom is 0.355 e. The molecule has 2 aromatic rings. The minimum Gasteiger partial charge on any atom is -0.476 e. The molecule has 0 aliphatic heterocycles. The smallest absolute Gasteiger partial charge is 0.355 e. The van der Waals surface area contributed by atoms with E-state index in [4.69, 9.17) is 9.52 Å². The molecule has 1 fully saturated rings. The van der Waals surface area contributed by atoms with E-state index in [1.54, 1.807) is 6.26 Å². The third-order valence-electron chi connectivity index (χ3n) is 3.22. The molecule has 1 saturated carbocycles. The number of furan rings is 1. The first-order chi connectivity index (χ1) is 9.65. The van der Waals surface area contributed by atoms with Crippen LogP contribution in [0.2, 0.25) is 0 Å². The molecule has 2 N–H and O–H groups in total. The number of aromatic nitrogens is 1. The van der Waals surface area contributed by atoms with Crippen LogP contribution in [0.1, 0.15) is 33.6 Å². The summed E-state index contributed by atoms with van der Waals surface area (Å²) < 4.78 is 5.27. The molecule has 6 nitrogen and oxygen atoms in total. The van der Waals surface area contributed by atoms with Crippen LogP contribution in [0.15, 0.2) is 28.2 Å². The van der Waals surface area contributed by atoms with Crippen molar-refractivity contribution in [2.75, 3.05) is 0 Å². The summed E-state index contributed by atoms with van der Waals surface area (Å²) in [5.41, 5.74) is 0.0131. The van der Waals surface area contributed by atoms with Gasteiger partial charge in [0.2, 0.25) is 5.91 Å². The molecule has 0 aromatic carbocycles. The van der Waals surface area contributed by atoms with E-state index in [2.05, 4.69) is 10.3 Å². The lowest BCUT2D eigenvalue weighted by atomic mass is 10.2. The number of nitrogens with one attached hydrogen (secondary N) is 1. The molecule has 2 aromatic heterocycles. The largest absolute Gasteiger partial charge is 0.476 e. The van der Waals surface area contributed by atoms with Gasteiger partial charge in [0.05, 0.1) is 12.8 Å². The highest BCUT2D eigenvalue weighted by Crippen LogP contribution is 2.47. The van der Waals surface area contributed by atoms with E-state index in [0.29, 0.717) is 5.01 Å². The zero-order valence-corrected chi connectivity index (χ0v) is 11.2. The lowest BCUT2D eigenvalue weighted by Gasteiger charge is -2.01. The highest BCUT2D eigenvalue weighted by molar-refractivity contribution is 7.09. The van der Waals surface area contributed by atoms with Gasteiger partial charge in [-0.05, 0) is 18.6 Å². The number of aromatic carboxylic acids is 1. The minimum atomic E-state index is -1.06. The van der Waals surface area contributed by atoms with E-state index in [9.17, 15) is 9.59 Å². The fraction of sp³-hybridized carbons (Fsp3) is 0.308. The molecule has 1 amide bonds. The average Bonchev–Trinajstić information content (AvgIpc) is 2.89. The summed E-state index contributed by atoms with van der Waals surface area (Å²) in [6, 6.07) is 3.68. The molecular formula is C13H12N2O4S. The molecule has 3 rings (SSSR count). The van der Waals surface area contributed by atoms with Gasteiger partial charge in [-0.25, -0.2) is 9.78 Å². The monoisotopic (exact) mass is 292 g/mol. The fourth-order valence-corrected chi connectivity index (χ4v) is 2.79. The lowest BCUT2D eigenvalue weighted by molar-refractivity contribution is -0.122. The van der Waals surface area contributed by atoms with Crippen LogP contribution >= 0.6 is 11.3 Å². The molecule has 0 radical (unpaired) electrons. The SMILES string of the molecule is O=C(O)c1csc(CNC(=O)[C@H]2C[C@@H]2c2ccco2)n1. The molecule has 2 heterocycles. The number of nitrogens with zero attached hydrogens (tertiary/aromatic N) is 1. The number of carboxylic acids is 1. The topological polar surface area (TPSA) is 92.4 Å². The molecule has 1 aliphatic rings. The van der Waals surface area contributed by atoms with Crippen molar-refractivity contribution in [3.8, 4) is 0 Å². The van der Waals surface area contributed by atoms with E-state index in [-0.39, 0.29) is 30.0 Å². The van der Waals surface area contributed by atoms with Gasteiger partial charge in [0, 0.05) is 17.2 Å². The van der Waals surface area contributed by atoms with Crippen LogP contribution in [-0.2, 0) is 11.3 Å². The first-order valence-corrected chi connectivity index (χ1v) is 7.02. The second-order valence-corrected chi connectivity index (χ2v) is 5.56. The Morgan fingerprint density at radius 3 is 3.05 bits per heavy atom. The van der Waals surface area contributed by atoms with Gasteiger partial charge in [-0.3, -0.25) is 4.79 Å². The summed E-state index contributed by atoms with van der Waals surface area (Å²) in [5, 5.41) is 13.6. The summed E-state index contributed by atoms with van der Waals surface area (Å²) in [4.78, 5) is 26.5. The Kier molecular flexibility index (Phi) is 3.27. The number of carbonyl (C=O) groups excluding carboxylic acids is 1. The summed E-state index contributed by atoms with van der Waals surface area (Å²) in [6.45, 7) is 0.262. The molecule has 0 saturated heterocycles. The van der Waals surface area contributed by atoms with Crippen LogP contribution in [-0.4, -0.2) is 22.0 Å². The lowest BCUT2D eigenvalue weighted by Crippen LogP contribution is -2.24. The van der Waals surface area contributed by atoms with Gasteiger partial charge in [-0.15, -0.1) is 11.3 Å². The molecule has 0 bridgehead atoms. The first-order valence-electron chi connectivity index (χ1n) is 6.14. The molecule has 104 valence electrons. The van der Waals surface area contributed by atoms with Gasteiger partial charge in [0.15, 0.2) is 5.69 Å². The van der Waals surface area contributed by atoms with Crippen molar-refractivity contribution >= 4 is 23.2 Å². The Morgan fingerprint density at radius 1 is 1.55 bits per heavy atom. The quantitative estimate of drug-likeness (QED) is 0.877. The number of hydrogen-bond donors (Lipinski definition) is 2. The second-order valence-electron chi connectivity index (χ2n) is 4.61. The Bertz CT molecular complexity index is 635. The van der Waals surface area contributed by atoms with Crippen molar-refractivity contribution in [3.63, 3.8) is 0 Å². The number of rotatable bonds is 5. The van der Waals surface area contributed by atoms with Crippen LogP contribution in [0.4, 0.5) is 0 Å². The van der Waals surface area contributed by atoms with E-state index >= 15 is 0 Å². The summed E-state index contributed by atoms with van der Waals surface area (Å²) in [5.74, 6) is -0.152. The standard InChI is InChI=1S/C13H12N2O4S/c16-12(8-4-7(8)10-2-1-3-19-10)14-5-11-15-9(6-20-11)13(17)18/h1-3,6-8H,4-5H2,(H,14,16)(H,17,18)/t7-,8-/m0/s1. The molecule has 2 atom stereocenters. The van der Waals surface area contributed by atoms with Crippen LogP contribution in [0, 0.1) is 5.92 Å². The van der Waals surface area contributed by atoms with Crippen LogP contribution in [0.5, 0.6) is 0 Å². The summed E-state index contributed by atoms with van der Waals surface area (Å²) in [6.07, 6.45) is 2.39. The van der Waals surface area contributed by atoms with Crippen molar-refractivity contribution in [3.05, 3.63) is 40.2 Å². The van der Waals surface area contributed by atoms with Gasteiger partial charge in [0.25, 0.3) is 0 Å². The number of carboxylic acid groups (broad SMARTS) is 1. The van der Waals surface area contributed by atoms with E-state index < -0.39 is 5.97 Å². The predicted octanol–water partition coefficient (Wildman–Crippen LogP) is 1.85. The highest BCUT2D eigenvalue weighted by atomic mass is 32.1. The summed E-state index contributed by atoms with van der Waals surface area (Å²) >= 11 is 1.23. The average molecular weight is 292 g/mol. The molecule has 7 heteroatoms. The maximum atomic E-state index is 11.9. The van der Waals surface area contributed by atoms with E-state index in [0.717, 1.165) is 12.2 Å². The van der Waals surface area contributed by atoms with E-state index in [1.807, 2.05) is 12.1 Å². The molecule has 0 unspecified atom stereocenters. The van der Waals surface area contributed by atoms with Gasteiger partial charge in [-0.1, -0.05) is 0 Å². The number of carbonyl (C=O) groups is 2. The van der Waals surface area contributed by atoms with Crippen LogP contribution < -0.4 is 5.32 Å². The highest BCUT2D eigenvalue weighted by Gasteiger charge is 2.45. The third-order valence-corrected chi connectivity index (χ3v) is 4.07. The number of thiazole rings is 1. The van der Waals surface area contributed by atoms with Crippen LogP contribution in [0.3, 0.4) is 0 Å².